The second-order valence-corrected chi connectivity index (χ2v) is 4.92. The van der Waals surface area contributed by atoms with E-state index in [1.807, 2.05) is 19.9 Å². The lowest BCUT2D eigenvalue weighted by Gasteiger charge is -2.14. The molecule has 1 aromatic carbocycles. The van der Waals surface area contributed by atoms with E-state index < -0.39 is 0 Å². The third-order valence-corrected chi connectivity index (χ3v) is 3.37. The number of hydrogen-bond acceptors (Lipinski definition) is 3. The summed E-state index contributed by atoms with van der Waals surface area (Å²) in [6, 6.07) is 5.43. The summed E-state index contributed by atoms with van der Waals surface area (Å²) in [7, 11) is 0. The van der Waals surface area contributed by atoms with E-state index in [4.69, 9.17) is 4.52 Å². The number of nitrogens with zero attached hydrogens (tertiary/aromatic N) is 1. The van der Waals surface area contributed by atoms with Crippen LogP contribution in [0.15, 0.2) is 22.7 Å². The van der Waals surface area contributed by atoms with Crippen molar-refractivity contribution in [1.82, 2.24) is 10.5 Å². The van der Waals surface area contributed by atoms with Gasteiger partial charge in [0.1, 0.15) is 11.6 Å². The Balaban J connectivity index is 2.04. The number of aryl methyl sites for hydroxylation is 3. The van der Waals surface area contributed by atoms with Crippen molar-refractivity contribution in [2.45, 2.75) is 40.3 Å². The first-order chi connectivity index (χ1) is 8.99. The minimum absolute atomic E-state index is 0.121. The van der Waals surface area contributed by atoms with E-state index in [9.17, 15) is 4.39 Å². The average molecular weight is 262 g/mol. The summed E-state index contributed by atoms with van der Waals surface area (Å²) in [5, 5.41) is 7.31. The lowest BCUT2D eigenvalue weighted by molar-refractivity contribution is 0.390. The molecular formula is C15H19FN2O. The van der Waals surface area contributed by atoms with Gasteiger partial charge >= 0.3 is 0 Å². The highest BCUT2D eigenvalue weighted by Gasteiger charge is 2.15. The van der Waals surface area contributed by atoms with Crippen LogP contribution in [0.4, 0.5) is 4.39 Å². The Bertz CT molecular complexity index is 558. The number of rotatable bonds is 4. The van der Waals surface area contributed by atoms with Crippen molar-refractivity contribution >= 4 is 0 Å². The SMILES string of the molecule is Cc1ccc(CNC(C)c2c(C)noc2C)cc1F. The lowest BCUT2D eigenvalue weighted by atomic mass is 10.1. The molecule has 0 amide bonds. The fourth-order valence-electron chi connectivity index (χ4n) is 2.23. The van der Waals surface area contributed by atoms with Crippen LogP contribution in [0.2, 0.25) is 0 Å². The van der Waals surface area contributed by atoms with E-state index in [1.54, 1.807) is 19.1 Å². The van der Waals surface area contributed by atoms with Gasteiger partial charge in [-0.1, -0.05) is 17.3 Å². The first kappa shape index (κ1) is 13.7. The Morgan fingerprint density at radius 2 is 2.05 bits per heavy atom. The van der Waals surface area contributed by atoms with Crippen molar-refractivity contribution in [3.05, 3.63) is 52.2 Å². The topological polar surface area (TPSA) is 38.1 Å². The van der Waals surface area contributed by atoms with E-state index in [2.05, 4.69) is 17.4 Å². The van der Waals surface area contributed by atoms with Gasteiger partial charge in [-0.2, -0.15) is 0 Å². The average Bonchev–Trinajstić information content (AvgIpc) is 2.70. The first-order valence-corrected chi connectivity index (χ1v) is 6.40. The molecule has 0 aliphatic heterocycles. The summed E-state index contributed by atoms with van der Waals surface area (Å²) < 4.78 is 18.6. The monoisotopic (exact) mass is 262 g/mol. The molecule has 19 heavy (non-hydrogen) atoms. The molecule has 0 radical (unpaired) electrons. The zero-order chi connectivity index (χ0) is 14.0. The molecule has 0 bridgehead atoms. The summed E-state index contributed by atoms with van der Waals surface area (Å²) in [6.07, 6.45) is 0. The van der Waals surface area contributed by atoms with Crippen molar-refractivity contribution in [3.63, 3.8) is 0 Å². The predicted molar refractivity (Wildman–Crippen MR) is 72.4 cm³/mol. The standard InChI is InChI=1S/C15H19FN2O/c1-9-5-6-13(7-14(9)16)8-17-10(2)15-11(3)18-19-12(15)4/h5-7,10,17H,8H2,1-4H3. The number of nitrogens with one attached hydrogen (secondary N) is 1. The minimum atomic E-state index is -0.163. The van der Waals surface area contributed by atoms with E-state index in [0.717, 1.165) is 22.6 Å². The third kappa shape index (κ3) is 3.01. The molecule has 1 heterocycles. The summed E-state index contributed by atoms with van der Waals surface area (Å²) in [4.78, 5) is 0. The van der Waals surface area contributed by atoms with Crippen LogP contribution in [0.25, 0.3) is 0 Å². The maximum absolute atomic E-state index is 13.5. The van der Waals surface area contributed by atoms with Crippen LogP contribution in [0, 0.1) is 26.6 Å². The molecule has 1 atom stereocenters. The molecule has 4 heteroatoms. The Morgan fingerprint density at radius 1 is 1.32 bits per heavy atom. The number of halogens is 1. The molecule has 0 fully saturated rings. The number of hydrogen-bond donors (Lipinski definition) is 1. The van der Waals surface area contributed by atoms with Crippen LogP contribution in [-0.4, -0.2) is 5.16 Å². The van der Waals surface area contributed by atoms with Crippen LogP contribution < -0.4 is 5.32 Å². The molecule has 0 saturated carbocycles. The molecule has 3 nitrogen and oxygen atoms in total. The van der Waals surface area contributed by atoms with Crippen molar-refractivity contribution < 1.29 is 8.91 Å². The molecule has 1 unspecified atom stereocenters. The summed E-state index contributed by atoms with van der Waals surface area (Å²) in [5.41, 5.74) is 3.57. The zero-order valence-electron chi connectivity index (χ0n) is 11.7. The van der Waals surface area contributed by atoms with Gasteiger partial charge in [0.25, 0.3) is 0 Å². The highest BCUT2D eigenvalue weighted by Crippen LogP contribution is 2.21. The first-order valence-electron chi connectivity index (χ1n) is 6.40. The molecule has 2 rings (SSSR count). The second kappa shape index (κ2) is 5.53. The summed E-state index contributed by atoms with van der Waals surface area (Å²) >= 11 is 0. The maximum atomic E-state index is 13.5. The minimum Gasteiger partial charge on any atom is -0.361 e. The van der Waals surface area contributed by atoms with Crippen molar-refractivity contribution in [2.75, 3.05) is 0 Å². The molecular weight excluding hydrogens is 243 g/mol. The van der Waals surface area contributed by atoms with Gasteiger partial charge in [-0.3, -0.25) is 0 Å². The van der Waals surface area contributed by atoms with Gasteiger partial charge in [-0.05, 0) is 44.9 Å². The van der Waals surface area contributed by atoms with Gasteiger partial charge in [0, 0.05) is 18.2 Å². The van der Waals surface area contributed by atoms with Crippen LogP contribution in [-0.2, 0) is 6.54 Å². The Labute approximate surface area is 112 Å². The highest BCUT2D eigenvalue weighted by molar-refractivity contribution is 5.26. The number of aromatic nitrogens is 1. The number of benzene rings is 1. The highest BCUT2D eigenvalue weighted by atomic mass is 19.1. The quantitative estimate of drug-likeness (QED) is 0.915. The van der Waals surface area contributed by atoms with Crippen LogP contribution in [0.5, 0.6) is 0 Å². The van der Waals surface area contributed by atoms with E-state index in [-0.39, 0.29) is 11.9 Å². The van der Waals surface area contributed by atoms with Gasteiger partial charge in [-0.25, -0.2) is 4.39 Å². The zero-order valence-corrected chi connectivity index (χ0v) is 11.7. The lowest BCUT2D eigenvalue weighted by Crippen LogP contribution is -2.19. The van der Waals surface area contributed by atoms with Gasteiger partial charge in [0.2, 0.25) is 0 Å². The van der Waals surface area contributed by atoms with E-state index in [1.165, 1.54) is 0 Å². The molecule has 0 spiro atoms. The fraction of sp³-hybridized carbons (Fsp3) is 0.400. The summed E-state index contributed by atoms with van der Waals surface area (Å²) in [6.45, 7) is 8.26. The van der Waals surface area contributed by atoms with Gasteiger partial charge in [-0.15, -0.1) is 0 Å². The van der Waals surface area contributed by atoms with E-state index in [0.29, 0.717) is 12.1 Å². The second-order valence-electron chi connectivity index (χ2n) is 4.92. The molecule has 0 aliphatic rings. The van der Waals surface area contributed by atoms with Gasteiger partial charge < -0.3 is 9.84 Å². The molecule has 0 aliphatic carbocycles. The smallest absolute Gasteiger partial charge is 0.138 e. The van der Waals surface area contributed by atoms with Crippen LogP contribution >= 0.6 is 0 Å². The molecule has 1 N–H and O–H groups in total. The molecule has 1 aromatic heterocycles. The van der Waals surface area contributed by atoms with Crippen LogP contribution in [0.3, 0.4) is 0 Å². The fourth-order valence-corrected chi connectivity index (χ4v) is 2.23. The summed E-state index contributed by atoms with van der Waals surface area (Å²) in [5.74, 6) is 0.664. The van der Waals surface area contributed by atoms with Crippen molar-refractivity contribution in [1.29, 1.82) is 0 Å². The van der Waals surface area contributed by atoms with Crippen molar-refractivity contribution in [2.24, 2.45) is 0 Å². The van der Waals surface area contributed by atoms with Crippen molar-refractivity contribution in [3.8, 4) is 0 Å². The third-order valence-electron chi connectivity index (χ3n) is 3.37. The van der Waals surface area contributed by atoms with Gasteiger partial charge in [0.05, 0.1) is 5.69 Å². The predicted octanol–water partition coefficient (Wildman–Crippen LogP) is 3.59. The van der Waals surface area contributed by atoms with Gasteiger partial charge in [0.15, 0.2) is 0 Å². The Hall–Kier alpha value is -1.68. The van der Waals surface area contributed by atoms with Crippen LogP contribution in [0.1, 0.15) is 41.1 Å². The van der Waals surface area contributed by atoms with E-state index >= 15 is 0 Å². The normalized spacial score (nSPS) is 12.7. The molecule has 102 valence electrons. The largest absolute Gasteiger partial charge is 0.361 e. The maximum Gasteiger partial charge on any atom is 0.138 e. The Kier molecular flexibility index (Phi) is 4.00. The Morgan fingerprint density at radius 3 is 2.63 bits per heavy atom. The molecule has 2 aromatic rings. The molecule has 0 saturated heterocycles.